The molecule has 0 radical (unpaired) electrons. The fourth-order valence-corrected chi connectivity index (χ4v) is 3.45. The van der Waals surface area contributed by atoms with Gasteiger partial charge in [-0.15, -0.1) is 0 Å². The van der Waals surface area contributed by atoms with Crippen molar-refractivity contribution in [1.29, 1.82) is 0 Å². The Morgan fingerprint density at radius 3 is 2.56 bits per heavy atom. The van der Waals surface area contributed by atoms with Crippen LogP contribution in [0, 0.1) is 12.3 Å². The summed E-state index contributed by atoms with van der Waals surface area (Å²) in [6.07, 6.45) is 2.12. The number of carbonyl (C=O) groups excluding carboxylic acids is 2. The summed E-state index contributed by atoms with van der Waals surface area (Å²) in [6.45, 7) is 4.76. The third-order valence-electron chi connectivity index (χ3n) is 5.24. The first-order valence-electron chi connectivity index (χ1n) is 8.64. The van der Waals surface area contributed by atoms with Crippen molar-refractivity contribution in [2.24, 2.45) is 5.41 Å². The molecule has 4 rings (SSSR count). The summed E-state index contributed by atoms with van der Waals surface area (Å²) in [7, 11) is 0. The molecule has 8 heteroatoms. The van der Waals surface area contributed by atoms with Gasteiger partial charge in [0.25, 0.3) is 5.91 Å². The van der Waals surface area contributed by atoms with Crippen LogP contribution in [0.15, 0.2) is 4.42 Å². The van der Waals surface area contributed by atoms with E-state index in [2.05, 4.69) is 10.3 Å². The van der Waals surface area contributed by atoms with Gasteiger partial charge in [0.2, 0.25) is 11.7 Å². The highest BCUT2D eigenvalue weighted by molar-refractivity contribution is 5.93. The molecule has 0 unspecified atom stereocenters. The van der Waals surface area contributed by atoms with Crippen LogP contribution in [0.25, 0.3) is 0 Å². The number of aromatic nitrogens is 1. The molecule has 0 bridgehead atoms. The lowest BCUT2D eigenvalue weighted by molar-refractivity contribution is -0.187. The number of aryl methyl sites for hydroxylation is 1. The number of likely N-dealkylation sites (tertiary alicyclic amines) is 1. The monoisotopic (exact) mass is 349 g/mol. The molecule has 2 aliphatic heterocycles. The number of aliphatic hydroxyl groups excluding tert-OH is 1. The summed E-state index contributed by atoms with van der Waals surface area (Å²) >= 11 is 0. The summed E-state index contributed by atoms with van der Waals surface area (Å²) in [6, 6.07) is 0. The zero-order valence-corrected chi connectivity index (χ0v) is 14.5. The average molecular weight is 349 g/mol. The summed E-state index contributed by atoms with van der Waals surface area (Å²) in [5, 5.41) is 12.4. The van der Waals surface area contributed by atoms with Crippen LogP contribution in [-0.4, -0.2) is 65.3 Å². The second kappa shape index (κ2) is 5.54. The van der Waals surface area contributed by atoms with Crippen LogP contribution in [0.5, 0.6) is 0 Å². The van der Waals surface area contributed by atoms with Gasteiger partial charge in [0, 0.05) is 19.0 Å². The molecule has 2 saturated heterocycles. The Labute approximate surface area is 145 Å². The quantitative estimate of drug-likeness (QED) is 0.787. The van der Waals surface area contributed by atoms with E-state index in [1.54, 1.807) is 11.8 Å². The van der Waals surface area contributed by atoms with E-state index in [-0.39, 0.29) is 37.4 Å². The predicted molar refractivity (Wildman–Crippen MR) is 86.0 cm³/mol. The second-order valence-electron chi connectivity index (χ2n) is 7.85. The molecule has 3 heterocycles. The molecule has 3 aliphatic rings. The summed E-state index contributed by atoms with van der Waals surface area (Å²) in [4.78, 5) is 31.0. The molecule has 25 heavy (non-hydrogen) atoms. The molecule has 8 nitrogen and oxygen atoms in total. The number of nitrogens with zero attached hydrogens (tertiary/aromatic N) is 2. The third-order valence-corrected chi connectivity index (χ3v) is 5.24. The van der Waals surface area contributed by atoms with E-state index in [9.17, 15) is 14.7 Å². The number of oxazole rings is 1. The number of hydrogen-bond donors (Lipinski definition) is 2. The number of rotatable bonds is 5. The second-order valence-corrected chi connectivity index (χ2v) is 7.85. The van der Waals surface area contributed by atoms with Gasteiger partial charge in [-0.1, -0.05) is 0 Å². The van der Waals surface area contributed by atoms with E-state index in [4.69, 9.17) is 9.15 Å². The fourth-order valence-electron chi connectivity index (χ4n) is 3.45. The Balaban J connectivity index is 1.37. The first-order valence-corrected chi connectivity index (χ1v) is 8.64. The van der Waals surface area contributed by atoms with Gasteiger partial charge >= 0.3 is 0 Å². The Kier molecular flexibility index (Phi) is 3.66. The molecule has 2 N–H and O–H groups in total. The van der Waals surface area contributed by atoms with Crippen molar-refractivity contribution in [3.05, 3.63) is 17.3 Å². The normalized spacial score (nSPS) is 23.6. The van der Waals surface area contributed by atoms with Crippen molar-refractivity contribution in [3.63, 3.8) is 0 Å². The Morgan fingerprint density at radius 2 is 2.04 bits per heavy atom. The van der Waals surface area contributed by atoms with E-state index in [1.807, 2.05) is 6.92 Å². The SMILES string of the molecule is Cc1nc(C2CC2)oc1C(=O)NC1(C)CN(C(=O)C2(CO)COC2)C1. The zero-order valence-electron chi connectivity index (χ0n) is 14.5. The lowest BCUT2D eigenvalue weighted by Gasteiger charge is -2.52. The minimum absolute atomic E-state index is 0.111. The molecule has 0 aromatic carbocycles. The van der Waals surface area contributed by atoms with Crippen LogP contribution in [0.3, 0.4) is 0 Å². The molecule has 136 valence electrons. The number of aliphatic hydroxyl groups is 1. The molecule has 3 fully saturated rings. The highest BCUT2D eigenvalue weighted by Gasteiger charge is 2.53. The van der Waals surface area contributed by atoms with Crippen LogP contribution in [-0.2, 0) is 9.53 Å². The minimum atomic E-state index is -0.800. The number of carbonyl (C=O) groups is 2. The lowest BCUT2D eigenvalue weighted by Crippen LogP contribution is -2.73. The van der Waals surface area contributed by atoms with E-state index in [1.165, 1.54) is 0 Å². The van der Waals surface area contributed by atoms with E-state index >= 15 is 0 Å². The molecule has 0 spiro atoms. The smallest absolute Gasteiger partial charge is 0.289 e. The van der Waals surface area contributed by atoms with Crippen LogP contribution < -0.4 is 5.32 Å². The molecular weight excluding hydrogens is 326 g/mol. The van der Waals surface area contributed by atoms with Crippen molar-refractivity contribution >= 4 is 11.8 Å². The number of ether oxygens (including phenoxy) is 1. The summed E-state index contributed by atoms with van der Waals surface area (Å²) in [5.74, 6) is 0.849. The maximum absolute atomic E-state index is 12.5. The van der Waals surface area contributed by atoms with E-state index < -0.39 is 11.0 Å². The number of hydrogen-bond acceptors (Lipinski definition) is 6. The van der Waals surface area contributed by atoms with Crippen molar-refractivity contribution < 1.29 is 23.8 Å². The summed E-state index contributed by atoms with van der Waals surface area (Å²) in [5.41, 5.74) is -0.708. The first kappa shape index (κ1) is 16.5. The minimum Gasteiger partial charge on any atom is -0.435 e. The van der Waals surface area contributed by atoms with Gasteiger partial charge in [-0.3, -0.25) is 9.59 Å². The Morgan fingerprint density at radius 1 is 1.36 bits per heavy atom. The third kappa shape index (κ3) is 2.73. The Hall–Kier alpha value is -1.93. The maximum atomic E-state index is 12.5. The Bertz CT molecular complexity index is 708. The van der Waals surface area contributed by atoms with Gasteiger partial charge in [0.05, 0.1) is 31.1 Å². The van der Waals surface area contributed by atoms with Crippen LogP contribution in [0.1, 0.15) is 47.8 Å². The predicted octanol–water partition coefficient (Wildman–Crippen LogP) is 0.200. The standard InChI is InChI=1S/C17H23N3O5/c1-10-12(25-14(18-10)11-3-4-11)13(22)19-16(2)5-20(6-16)15(23)17(7-21)8-24-9-17/h11,21H,3-9H2,1-2H3,(H,19,22). The fraction of sp³-hybridized carbons (Fsp3) is 0.706. The molecule has 1 aromatic rings. The molecule has 0 atom stereocenters. The molecule has 2 amide bonds. The summed E-state index contributed by atoms with van der Waals surface area (Å²) < 4.78 is 10.7. The molecule has 1 aliphatic carbocycles. The molecular formula is C17H23N3O5. The van der Waals surface area contributed by atoms with E-state index in [0.29, 0.717) is 30.6 Å². The van der Waals surface area contributed by atoms with Crippen LogP contribution in [0.4, 0.5) is 0 Å². The van der Waals surface area contributed by atoms with Crippen molar-refractivity contribution in [2.75, 3.05) is 32.9 Å². The zero-order chi connectivity index (χ0) is 17.8. The van der Waals surface area contributed by atoms with Crippen LogP contribution >= 0.6 is 0 Å². The lowest BCUT2D eigenvalue weighted by atomic mass is 9.81. The van der Waals surface area contributed by atoms with Gasteiger partial charge in [-0.05, 0) is 26.7 Å². The largest absolute Gasteiger partial charge is 0.435 e. The van der Waals surface area contributed by atoms with Gasteiger partial charge < -0.3 is 24.5 Å². The average Bonchev–Trinajstić information content (AvgIpc) is 3.26. The van der Waals surface area contributed by atoms with Crippen molar-refractivity contribution in [2.45, 2.75) is 38.1 Å². The number of nitrogens with one attached hydrogen (secondary N) is 1. The van der Waals surface area contributed by atoms with E-state index in [0.717, 1.165) is 12.8 Å². The molecule has 1 aromatic heterocycles. The first-order chi connectivity index (χ1) is 11.9. The van der Waals surface area contributed by atoms with Gasteiger partial charge in [-0.2, -0.15) is 0 Å². The highest BCUT2D eigenvalue weighted by atomic mass is 16.5. The number of amides is 2. The maximum Gasteiger partial charge on any atom is 0.289 e. The van der Waals surface area contributed by atoms with Crippen molar-refractivity contribution in [1.82, 2.24) is 15.2 Å². The van der Waals surface area contributed by atoms with Gasteiger partial charge in [-0.25, -0.2) is 4.98 Å². The van der Waals surface area contributed by atoms with Crippen LogP contribution in [0.2, 0.25) is 0 Å². The highest BCUT2D eigenvalue weighted by Crippen LogP contribution is 2.40. The topological polar surface area (TPSA) is 105 Å². The molecule has 1 saturated carbocycles. The van der Waals surface area contributed by atoms with Gasteiger partial charge in [0.1, 0.15) is 5.41 Å². The van der Waals surface area contributed by atoms with Gasteiger partial charge in [0.15, 0.2) is 5.89 Å². The van der Waals surface area contributed by atoms with Crippen molar-refractivity contribution in [3.8, 4) is 0 Å².